The monoisotopic (exact) mass is 296 g/mol. The molecule has 0 radical (unpaired) electrons. The summed E-state index contributed by atoms with van der Waals surface area (Å²) in [4.78, 5) is 18.9. The molecule has 1 aliphatic heterocycles. The Morgan fingerprint density at radius 3 is 2.95 bits per heavy atom. The van der Waals surface area contributed by atoms with E-state index in [1.165, 1.54) is 0 Å². The van der Waals surface area contributed by atoms with Gasteiger partial charge in [0.15, 0.2) is 5.65 Å². The zero-order valence-corrected chi connectivity index (χ0v) is 12.0. The molecule has 0 spiro atoms. The fraction of sp³-hybridized carbons (Fsp3) is 0.333. The number of carbonyl (C=O) groups is 1. The van der Waals surface area contributed by atoms with Crippen molar-refractivity contribution < 1.29 is 4.79 Å². The molecule has 7 heteroatoms. The van der Waals surface area contributed by atoms with E-state index in [1.54, 1.807) is 35.4 Å². The SMILES string of the molecule is O=C(c1cnn2cccnc12)N1CCCC(n2cccn2)C1. The van der Waals surface area contributed by atoms with E-state index >= 15 is 0 Å². The number of carbonyl (C=O) groups excluding carboxylic acids is 1. The van der Waals surface area contributed by atoms with Gasteiger partial charge in [-0.05, 0) is 25.0 Å². The quantitative estimate of drug-likeness (QED) is 0.717. The molecule has 0 bridgehead atoms. The lowest BCUT2D eigenvalue weighted by Crippen LogP contribution is -2.40. The molecule has 22 heavy (non-hydrogen) atoms. The van der Waals surface area contributed by atoms with E-state index in [4.69, 9.17) is 0 Å². The number of fused-ring (bicyclic) bond motifs is 1. The van der Waals surface area contributed by atoms with E-state index in [9.17, 15) is 4.79 Å². The van der Waals surface area contributed by atoms with Gasteiger partial charge in [-0.2, -0.15) is 10.2 Å². The van der Waals surface area contributed by atoms with E-state index < -0.39 is 0 Å². The van der Waals surface area contributed by atoms with Gasteiger partial charge in [-0.1, -0.05) is 0 Å². The van der Waals surface area contributed by atoms with Gasteiger partial charge in [0, 0.05) is 37.9 Å². The fourth-order valence-electron chi connectivity index (χ4n) is 3.00. The Morgan fingerprint density at radius 1 is 1.18 bits per heavy atom. The smallest absolute Gasteiger partial charge is 0.259 e. The summed E-state index contributed by atoms with van der Waals surface area (Å²) >= 11 is 0. The van der Waals surface area contributed by atoms with Crippen LogP contribution in [0.5, 0.6) is 0 Å². The molecule has 1 atom stereocenters. The molecule has 0 aliphatic carbocycles. The van der Waals surface area contributed by atoms with Gasteiger partial charge in [-0.25, -0.2) is 9.50 Å². The highest BCUT2D eigenvalue weighted by Gasteiger charge is 2.27. The summed E-state index contributed by atoms with van der Waals surface area (Å²) in [6.07, 6.45) is 10.8. The van der Waals surface area contributed by atoms with E-state index in [-0.39, 0.29) is 11.9 Å². The molecule has 3 aromatic heterocycles. The minimum Gasteiger partial charge on any atom is -0.336 e. The van der Waals surface area contributed by atoms with Crippen molar-refractivity contribution >= 4 is 11.6 Å². The first-order valence-electron chi connectivity index (χ1n) is 7.40. The molecule has 112 valence electrons. The molecule has 0 saturated carbocycles. The molecule has 7 nitrogen and oxygen atoms in total. The second kappa shape index (κ2) is 5.25. The third-order valence-electron chi connectivity index (χ3n) is 4.09. The second-order valence-electron chi connectivity index (χ2n) is 5.48. The summed E-state index contributed by atoms with van der Waals surface area (Å²) < 4.78 is 3.57. The highest BCUT2D eigenvalue weighted by atomic mass is 16.2. The molecule has 1 saturated heterocycles. The Morgan fingerprint density at radius 2 is 2.09 bits per heavy atom. The first-order chi connectivity index (χ1) is 10.8. The maximum atomic E-state index is 12.8. The maximum absolute atomic E-state index is 12.8. The van der Waals surface area contributed by atoms with Crippen molar-refractivity contribution in [3.05, 3.63) is 48.7 Å². The van der Waals surface area contributed by atoms with Gasteiger partial charge in [0.1, 0.15) is 5.56 Å². The highest BCUT2D eigenvalue weighted by molar-refractivity contribution is 5.99. The number of aromatic nitrogens is 5. The van der Waals surface area contributed by atoms with Gasteiger partial charge >= 0.3 is 0 Å². The lowest BCUT2D eigenvalue weighted by molar-refractivity contribution is 0.0674. The Hall–Kier alpha value is -2.70. The average Bonchev–Trinajstić information content (AvgIpc) is 3.24. The first-order valence-corrected chi connectivity index (χ1v) is 7.40. The molecule has 0 N–H and O–H groups in total. The van der Waals surface area contributed by atoms with Crippen molar-refractivity contribution in [2.75, 3.05) is 13.1 Å². The predicted octanol–water partition coefficient (Wildman–Crippen LogP) is 1.40. The van der Waals surface area contributed by atoms with Crippen molar-refractivity contribution in [1.82, 2.24) is 29.3 Å². The minimum atomic E-state index is -0.00874. The van der Waals surface area contributed by atoms with Crippen molar-refractivity contribution in [2.24, 2.45) is 0 Å². The minimum absolute atomic E-state index is 0.00874. The standard InChI is InChI=1S/C15H16N6O/c22-15(13-10-18-21-9-2-5-16-14(13)21)19-7-1-4-12(11-19)20-8-3-6-17-20/h2-3,5-6,8-10,12H,1,4,7,11H2. The summed E-state index contributed by atoms with van der Waals surface area (Å²) in [5.74, 6) is -0.00874. The largest absolute Gasteiger partial charge is 0.336 e. The molecule has 1 fully saturated rings. The van der Waals surface area contributed by atoms with Crippen molar-refractivity contribution in [3.8, 4) is 0 Å². The molecule has 4 heterocycles. The summed E-state index contributed by atoms with van der Waals surface area (Å²) in [5.41, 5.74) is 1.16. The van der Waals surface area contributed by atoms with Gasteiger partial charge in [0.05, 0.1) is 12.2 Å². The van der Waals surface area contributed by atoms with Crippen LogP contribution in [0.15, 0.2) is 43.1 Å². The second-order valence-corrected chi connectivity index (χ2v) is 5.48. The summed E-state index contributed by atoms with van der Waals surface area (Å²) in [5, 5.41) is 8.49. The number of amides is 1. The Balaban J connectivity index is 1.60. The molecule has 0 aromatic carbocycles. The van der Waals surface area contributed by atoms with Gasteiger partial charge in [0.2, 0.25) is 0 Å². The Bertz CT molecular complexity index is 793. The lowest BCUT2D eigenvalue weighted by atomic mass is 10.1. The molecule has 4 rings (SSSR count). The van der Waals surface area contributed by atoms with Gasteiger partial charge < -0.3 is 4.90 Å². The zero-order chi connectivity index (χ0) is 14.9. The van der Waals surface area contributed by atoms with Gasteiger partial charge in [-0.15, -0.1) is 0 Å². The molecular formula is C15H16N6O. The molecule has 1 aliphatic rings. The van der Waals surface area contributed by atoms with Gasteiger partial charge in [-0.3, -0.25) is 9.48 Å². The zero-order valence-electron chi connectivity index (χ0n) is 12.0. The van der Waals surface area contributed by atoms with Crippen LogP contribution in [-0.4, -0.2) is 48.3 Å². The Kier molecular flexibility index (Phi) is 3.10. The number of likely N-dealkylation sites (tertiary alicyclic amines) is 1. The molecule has 3 aromatic rings. The predicted molar refractivity (Wildman–Crippen MR) is 79.4 cm³/mol. The van der Waals surface area contributed by atoms with Crippen molar-refractivity contribution in [1.29, 1.82) is 0 Å². The van der Waals surface area contributed by atoms with Crippen LogP contribution in [0.4, 0.5) is 0 Å². The van der Waals surface area contributed by atoms with Crippen molar-refractivity contribution in [3.63, 3.8) is 0 Å². The molecule has 1 unspecified atom stereocenters. The van der Waals surface area contributed by atoms with Crippen LogP contribution in [0.25, 0.3) is 5.65 Å². The summed E-state index contributed by atoms with van der Waals surface area (Å²) in [6, 6.07) is 3.95. The van der Waals surface area contributed by atoms with Crippen LogP contribution >= 0.6 is 0 Å². The normalized spacial score (nSPS) is 18.7. The molecular weight excluding hydrogens is 280 g/mol. The number of nitrogens with zero attached hydrogens (tertiary/aromatic N) is 6. The Labute approximate surface area is 127 Å². The summed E-state index contributed by atoms with van der Waals surface area (Å²) in [6.45, 7) is 1.44. The first kappa shape index (κ1) is 13.0. The van der Waals surface area contributed by atoms with Crippen LogP contribution in [0.3, 0.4) is 0 Å². The van der Waals surface area contributed by atoms with Crippen LogP contribution in [-0.2, 0) is 0 Å². The third-order valence-corrected chi connectivity index (χ3v) is 4.09. The number of hydrogen-bond acceptors (Lipinski definition) is 4. The van der Waals surface area contributed by atoms with Crippen LogP contribution in [0.2, 0.25) is 0 Å². The van der Waals surface area contributed by atoms with E-state index in [1.807, 2.05) is 21.8 Å². The topological polar surface area (TPSA) is 68.3 Å². The maximum Gasteiger partial charge on any atom is 0.259 e. The third kappa shape index (κ3) is 2.14. The number of rotatable bonds is 2. The molecule has 1 amide bonds. The van der Waals surface area contributed by atoms with Crippen molar-refractivity contribution in [2.45, 2.75) is 18.9 Å². The average molecular weight is 296 g/mol. The van der Waals surface area contributed by atoms with Gasteiger partial charge in [0.25, 0.3) is 5.91 Å². The highest BCUT2D eigenvalue weighted by Crippen LogP contribution is 2.22. The van der Waals surface area contributed by atoms with Crippen LogP contribution < -0.4 is 0 Å². The summed E-state index contributed by atoms with van der Waals surface area (Å²) in [7, 11) is 0. The van der Waals surface area contributed by atoms with Crippen LogP contribution in [0.1, 0.15) is 29.2 Å². The number of hydrogen-bond donors (Lipinski definition) is 0. The fourth-order valence-corrected chi connectivity index (χ4v) is 3.00. The number of piperidine rings is 1. The van der Waals surface area contributed by atoms with Crippen LogP contribution in [0, 0.1) is 0 Å². The van der Waals surface area contributed by atoms with E-state index in [2.05, 4.69) is 15.2 Å². The lowest BCUT2D eigenvalue weighted by Gasteiger charge is -2.32. The van der Waals surface area contributed by atoms with E-state index in [0.29, 0.717) is 17.8 Å². The van der Waals surface area contributed by atoms with E-state index in [0.717, 1.165) is 19.4 Å².